The maximum atomic E-state index is 15.1. The first-order valence-corrected chi connectivity index (χ1v) is 26.5. The highest BCUT2D eigenvalue weighted by atomic mass is 32.2. The molecule has 2 aliphatic carbocycles. The van der Waals surface area contributed by atoms with Crippen molar-refractivity contribution in [3.05, 3.63) is 221 Å². The number of carbonyl (C=O) groups excluding carboxylic acids is 1. The van der Waals surface area contributed by atoms with Crippen LogP contribution in [0.5, 0.6) is 0 Å². The van der Waals surface area contributed by atoms with E-state index in [1.54, 1.807) is 72.8 Å². The minimum Gasteiger partial charge on any atom is -0.384 e. The molecule has 1 unspecified atom stereocenters. The molecule has 6 aromatic carbocycles. The van der Waals surface area contributed by atoms with Crippen LogP contribution in [0, 0.1) is 0 Å². The molecule has 352 valence electrons. The summed E-state index contributed by atoms with van der Waals surface area (Å²) in [6.07, 6.45) is 0.0304. The van der Waals surface area contributed by atoms with Crippen LogP contribution in [0.3, 0.4) is 0 Å². The van der Waals surface area contributed by atoms with Gasteiger partial charge < -0.3 is 5.11 Å². The van der Waals surface area contributed by atoms with Crippen molar-refractivity contribution in [1.29, 1.82) is 0 Å². The van der Waals surface area contributed by atoms with Crippen LogP contribution >= 0.6 is 0 Å². The Morgan fingerprint density at radius 3 is 0.971 bits per heavy atom. The number of allylic oxidation sites excluding steroid dienone is 6. The smallest absolute Gasteiger partial charge is 0.294 e. The third-order valence-electron chi connectivity index (χ3n) is 11.8. The van der Waals surface area contributed by atoms with E-state index in [1.807, 2.05) is 0 Å². The number of aliphatic hydroxyl groups is 1. The van der Waals surface area contributed by atoms with Crippen LogP contribution < -0.4 is 0 Å². The number of hydrogen-bond donors (Lipinski definition) is 5. The van der Waals surface area contributed by atoms with Gasteiger partial charge in [0.05, 0.1) is 25.3 Å². The average molecular weight is 1010 g/mol. The van der Waals surface area contributed by atoms with Gasteiger partial charge in [0.25, 0.3) is 40.5 Å². The summed E-state index contributed by atoms with van der Waals surface area (Å²) in [5.74, 6) is -0.560. The largest absolute Gasteiger partial charge is 0.384 e. The standard InChI is InChI=1S/C51H35NO14S4/c53-50-45(32-11-20-37(21-12-32)67(55,56)57)42(30-7-3-1-4-8-30)44(47(50)34-15-24-39(25-16-34)69(61,62)63)36-19-28-41(52-29-36)49-43(31-9-5-2-6-10-31)46(33-13-22-38(23-14-33)68(58,59)60)51(54)48(49)35-17-26-40(27-18-35)70(64,65)66/h1-29,50,53H,(H,55,56,57)(H,58,59,60)(H,61,62,63)(H,64,65,66). The average Bonchev–Trinajstić information content (AvgIpc) is 3.82. The van der Waals surface area contributed by atoms with E-state index in [-0.39, 0.29) is 39.1 Å². The van der Waals surface area contributed by atoms with Crippen LogP contribution in [0.25, 0.3) is 44.6 Å². The van der Waals surface area contributed by atoms with Crippen molar-refractivity contribution in [2.45, 2.75) is 25.7 Å². The van der Waals surface area contributed by atoms with Gasteiger partial charge >= 0.3 is 0 Å². The molecular formula is C51H35NO14S4. The van der Waals surface area contributed by atoms with E-state index in [2.05, 4.69) is 0 Å². The monoisotopic (exact) mass is 1010 g/mol. The number of pyridine rings is 1. The number of Topliss-reactive ketones (excluding diaryl/α,β-unsaturated/α-hetero) is 1. The SMILES string of the molecule is O=C1C(c2ccc(S(=O)(=O)O)cc2)=C(c2ccccc2)C(c2ccc(C3=C(c4ccc(S(=O)(=O)O)cc4)C(O)C(c4ccc(S(=O)(=O)O)cc4)=C3c3ccccc3)cn2)=C1c1ccc(S(=O)(=O)O)cc1. The van der Waals surface area contributed by atoms with Gasteiger partial charge in [-0.2, -0.15) is 33.7 Å². The normalized spacial score (nSPS) is 15.9. The van der Waals surface area contributed by atoms with Crippen molar-refractivity contribution in [1.82, 2.24) is 4.98 Å². The highest BCUT2D eigenvalue weighted by Gasteiger charge is 2.39. The summed E-state index contributed by atoms with van der Waals surface area (Å²) in [6, 6.07) is 41.3. The molecule has 0 fully saturated rings. The first-order chi connectivity index (χ1) is 33.1. The van der Waals surface area contributed by atoms with Crippen LogP contribution in [-0.2, 0) is 45.3 Å². The Balaban J connectivity index is 1.31. The lowest BCUT2D eigenvalue weighted by molar-refractivity contribution is -0.108. The second-order valence-corrected chi connectivity index (χ2v) is 21.7. The van der Waals surface area contributed by atoms with Crippen LogP contribution in [0.4, 0.5) is 0 Å². The Labute approximate surface area is 401 Å². The number of ketones is 1. The van der Waals surface area contributed by atoms with Gasteiger partial charge in [-0.15, -0.1) is 0 Å². The van der Waals surface area contributed by atoms with Gasteiger partial charge in [-0.25, -0.2) is 0 Å². The number of hydrogen-bond acceptors (Lipinski definition) is 11. The van der Waals surface area contributed by atoms with E-state index in [9.17, 15) is 57.0 Å². The van der Waals surface area contributed by atoms with Crippen molar-refractivity contribution in [2.24, 2.45) is 0 Å². The lowest BCUT2D eigenvalue weighted by Gasteiger charge is -2.16. The molecular weight excluding hydrogens is 979 g/mol. The molecule has 0 radical (unpaired) electrons. The minimum atomic E-state index is -4.64. The minimum absolute atomic E-state index is 0.0606. The summed E-state index contributed by atoms with van der Waals surface area (Å²) in [4.78, 5) is 18.4. The topological polar surface area (TPSA) is 268 Å². The van der Waals surface area contributed by atoms with E-state index < -0.39 is 71.9 Å². The molecule has 0 aliphatic heterocycles. The molecule has 0 saturated heterocycles. The van der Waals surface area contributed by atoms with E-state index in [1.165, 1.54) is 79.0 Å². The Morgan fingerprint density at radius 2 is 0.629 bits per heavy atom. The second kappa shape index (κ2) is 17.9. The van der Waals surface area contributed by atoms with Gasteiger partial charge in [0, 0.05) is 45.2 Å². The van der Waals surface area contributed by atoms with Crippen molar-refractivity contribution >= 4 is 90.8 Å². The molecule has 1 atom stereocenters. The zero-order valence-corrected chi connectivity index (χ0v) is 39.1. The van der Waals surface area contributed by atoms with Gasteiger partial charge in [-0.05, 0) is 99.1 Å². The Hall–Kier alpha value is -7.30. The number of rotatable bonds is 12. The summed E-state index contributed by atoms with van der Waals surface area (Å²) >= 11 is 0. The van der Waals surface area contributed by atoms with E-state index in [4.69, 9.17) is 4.98 Å². The predicted molar refractivity (Wildman–Crippen MR) is 260 cm³/mol. The van der Waals surface area contributed by atoms with Crippen LogP contribution in [0.15, 0.2) is 196 Å². The van der Waals surface area contributed by atoms with Gasteiger partial charge in [-0.3, -0.25) is 28.0 Å². The van der Waals surface area contributed by atoms with Crippen molar-refractivity contribution in [3.8, 4) is 0 Å². The van der Waals surface area contributed by atoms with Crippen LogP contribution in [0.1, 0.15) is 44.6 Å². The second-order valence-electron chi connectivity index (χ2n) is 16.0. The zero-order chi connectivity index (χ0) is 49.9. The fourth-order valence-electron chi connectivity index (χ4n) is 8.69. The van der Waals surface area contributed by atoms with E-state index in [0.717, 1.165) is 24.3 Å². The highest BCUT2D eigenvalue weighted by Crippen LogP contribution is 2.53. The van der Waals surface area contributed by atoms with Gasteiger partial charge in [-0.1, -0.05) is 115 Å². The first kappa shape index (κ1) is 47.8. The molecule has 70 heavy (non-hydrogen) atoms. The number of aromatic nitrogens is 1. The summed E-state index contributed by atoms with van der Waals surface area (Å²) in [5, 5.41) is 12.5. The Bertz CT molecular complexity index is 3870. The van der Waals surface area contributed by atoms with Gasteiger partial charge in [0.15, 0.2) is 5.78 Å². The Kier molecular flexibility index (Phi) is 12.2. The molecule has 2 aliphatic rings. The number of aliphatic hydroxyl groups excluding tert-OH is 1. The van der Waals surface area contributed by atoms with Crippen molar-refractivity contribution < 1.29 is 61.8 Å². The summed E-state index contributed by atoms with van der Waals surface area (Å²) in [7, 11) is -18.5. The molecule has 1 heterocycles. The molecule has 7 aromatic rings. The zero-order valence-electron chi connectivity index (χ0n) is 35.8. The summed E-state index contributed by atoms with van der Waals surface area (Å²) in [6.45, 7) is 0. The summed E-state index contributed by atoms with van der Waals surface area (Å²) in [5.41, 5.74) is 5.17. The quantitative estimate of drug-likeness (QED) is 0.0724. The van der Waals surface area contributed by atoms with Crippen LogP contribution in [0.2, 0.25) is 0 Å². The van der Waals surface area contributed by atoms with E-state index in [0.29, 0.717) is 50.1 Å². The highest BCUT2D eigenvalue weighted by molar-refractivity contribution is 7.86. The maximum absolute atomic E-state index is 15.1. The maximum Gasteiger partial charge on any atom is 0.294 e. The molecule has 9 rings (SSSR count). The molecule has 0 bridgehead atoms. The van der Waals surface area contributed by atoms with Gasteiger partial charge in [0.2, 0.25) is 0 Å². The predicted octanol–water partition coefficient (Wildman–Crippen LogP) is 8.07. The molecule has 0 amide bonds. The molecule has 0 saturated carbocycles. The molecule has 15 nitrogen and oxygen atoms in total. The number of benzene rings is 6. The fourth-order valence-corrected chi connectivity index (χ4v) is 10.6. The van der Waals surface area contributed by atoms with Crippen molar-refractivity contribution in [3.63, 3.8) is 0 Å². The Morgan fingerprint density at radius 1 is 0.329 bits per heavy atom. The lowest BCUT2D eigenvalue weighted by Crippen LogP contribution is -2.10. The lowest BCUT2D eigenvalue weighted by atomic mass is 9.88. The van der Waals surface area contributed by atoms with Crippen LogP contribution in [-0.4, -0.2) is 73.9 Å². The summed E-state index contributed by atoms with van der Waals surface area (Å²) < 4.78 is 136. The number of carbonyl (C=O) groups is 1. The molecule has 5 N–H and O–H groups in total. The molecule has 1 aromatic heterocycles. The third-order valence-corrected chi connectivity index (χ3v) is 15.3. The van der Waals surface area contributed by atoms with Crippen molar-refractivity contribution in [2.75, 3.05) is 0 Å². The first-order valence-electron chi connectivity index (χ1n) is 20.7. The van der Waals surface area contributed by atoms with Gasteiger partial charge in [0.1, 0.15) is 6.10 Å². The fraction of sp³-hybridized carbons (Fsp3) is 0.0196. The van der Waals surface area contributed by atoms with E-state index >= 15 is 4.79 Å². The number of nitrogens with zero attached hydrogens (tertiary/aromatic N) is 1. The molecule has 19 heteroatoms. The molecule has 0 spiro atoms. The third kappa shape index (κ3) is 9.04.